The summed E-state index contributed by atoms with van der Waals surface area (Å²) in [7, 11) is 0. The molecule has 0 bridgehead atoms. The van der Waals surface area contributed by atoms with Crippen molar-refractivity contribution in [2.45, 2.75) is 64.0 Å². The van der Waals surface area contributed by atoms with Gasteiger partial charge in [0.2, 0.25) is 11.8 Å². The smallest absolute Gasteiger partial charge is 0.255 e. The van der Waals surface area contributed by atoms with Crippen LogP contribution < -0.4 is 26.0 Å². The Morgan fingerprint density at radius 2 is 1.70 bits per heavy atom. The first-order chi connectivity index (χ1) is 22.9. The lowest BCUT2D eigenvalue weighted by atomic mass is 10.0. The molecule has 4 aliphatic rings. The summed E-state index contributed by atoms with van der Waals surface area (Å²) in [6.07, 6.45) is 11.0. The van der Waals surface area contributed by atoms with Gasteiger partial charge in [0.15, 0.2) is 5.65 Å². The van der Waals surface area contributed by atoms with E-state index < -0.39 is 6.04 Å². The van der Waals surface area contributed by atoms with Crippen molar-refractivity contribution in [1.29, 1.82) is 0 Å². The van der Waals surface area contributed by atoms with Crippen LogP contribution in [-0.4, -0.2) is 74.4 Å². The minimum absolute atomic E-state index is 0.148. The van der Waals surface area contributed by atoms with E-state index in [-0.39, 0.29) is 24.1 Å². The first-order valence-corrected chi connectivity index (χ1v) is 16.5. The number of benzene rings is 1. The van der Waals surface area contributed by atoms with E-state index in [4.69, 9.17) is 4.98 Å². The average Bonchev–Trinajstić information content (AvgIpc) is 3.85. The van der Waals surface area contributed by atoms with Crippen LogP contribution in [-0.2, 0) is 16.1 Å². The third kappa shape index (κ3) is 5.38. The number of piperazine rings is 1. The molecule has 1 unspecified atom stereocenters. The molecule has 6 heterocycles. The van der Waals surface area contributed by atoms with Crippen molar-refractivity contribution in [3.63, 3.8) is 0 Å². The predicted octanol–water partition coefficient (Wildman–Crippen LogP) is 3.62. The molecule has 8 rings (SSSR count). The van der Waals surface area contributed by atoms with Crippen molar-refractivity contribution in [3.8, 4) is 0 Å². The van der Waals surface area contributed by atoms with Crippen molar-refractivity contribution >= 4 is 46.2 Å². The maximum absolute atomic E-state index is 13.1. The number of nitrogens with one attached hydrogen (secondary N) is 3. The Balaban J connectivity index is 0.902. The quantitative estimate of drug-likeness (QED) is 0.204. The Bertz CT molecular complexity index is 1880. The molecule has 13 nitrogen and oxygen atoms in total. The molecule has 1 aromatic carbocycles. The van der Waals surface area contributed by atoms with Gasteiger partial charge in [0.05, 0.1) is 35.7 Å². The molecule has 1 aliphatic carbocycles. The second kappa shape index (κ2) is 11.9. The second-order valence-corrected chi connectivity index (χ2v) is 13.0. The second-order valence-electron chi connectivity index (χ2n) is 13.0. The maximum Gasteiger partial charge on any atom is 0.255 e. The lowest BCUT2D eigenvalue weighted by Gasteiger charge is -2.37. The monoisotopic (exact) mass is 634 g/mol. The van der Waals surface area contributed by atoms with Crippen molar-refractivity contribution in [1.82, 2.24) is 29.8 Å². The van der Waals surface area contributed by atoms with Gasteiger partial charge in [0.25, 0.3) is 5.91 Å². The van der Waals surface area contributed by atoms with E-state index in [0.717, 1.165) is 78.7 Å². The number of hydrazine groups is 1. The molecule has 3 N–H and O–H groups in total. The highest BCUT2D eigenvalue weighted by molar-refractivity contribution is 6.05. The van der Waals surface area contributed by atoms with Crippen molar-refractivity contribution in [2.24, 2.45) is 0 Å². The van der Waals surface area contributed by atoms with Crippen LogP contribution in [0.4, 0.5) is 22.9 Å². The van der Waals surface area contributed by atoms with Crippen molar-refractivity contribution in [3.05, 3.63) is 71.3 Å². The third-order valence-electron chi connectivity index (χ3n) is 10.0. The molecule has 1 saturated carbocycles. The Morgan fingerprint density at radius 1 is 0.894 bits per heavy atom. The van der Waals surface area contributed by atoms with Crippen LogP contribution in [0.3, 0.4) is 0 Å². The van der Waals surface area contributed by atoms with E-state index in [1.807, 2.05) is 35.1 Å². The Labute approximate surface area is 272 Å². The number of piperidine rings is 1. The summed E-state index contributed by atoms with van der Waals surface area (Å²) in [6, 6.07) is 9.39. The number of anilines is 4. The summed E-state index contributed by atoms with van der Waals surface area (Å²) in [6.45, 7) is 5.74. The van der Waals surface area contributed by atoms with E-state index in [9.17, 15) is 14.4 Å². The van der Waals surface area contributed by atoms with E-state index in [1.54, 1.807) is 11.1 Å². The van der Waals surface area contributed by atoms with Gasteiger partial charge in [-0.1, -0.05) is 12.8 Å². The van der Waals surface area contributed by atoms with Crippen LogP contribution in [0.5, 0.6) is 0 Å². The van der Waals surface area contributed by atoms with Gasteiger partial charge >= 0.3 is 0 Å². The van der Waals surface area contributed by atoms with Crippen LogP contribution in [0.25, 0.3) is 5.65 Å². The summed E-state index contributed by atoms with van der Waals surface area (Å²) in [4.78, 5) is 52.8. The van der Waals surface area contributed by atoms with Crippen LogP contribution in [0, 0.1) is 6.92 Å². The molecular weight excluding hydrogens is 596 g/mol. The number of pyridine rings is 1. The highest BCUT2D eigenvalue weighted by Crippen LogP contribution is 2.38. The predicted molar refractivity (Wildman–Crippen MR) is 177 cm³/mol. The summed E-state index contributed by atoms with van der Waals surface area (Å²) >= 11 is 0. The zero-order chi connectivity index (χ0) is 32.1. The Kier molecular flexibility index (Phi) is 7.38. The highest BCUT2D eigenvalue weighted by atomic mass is 16.2. The van der Waals surface area contributed by atoms with Gasteiger partial charge in [-0.05, 0) is 61.6 Å². The first-order valence-electron chi connectivity index (χ1n) is 16.5. The number of aryl methyl sites for hydroxylation is 1. The fourth-order valence-corrected chi connectivity index (χ4v) is 7.62. The molecule has 4 aromatic rings. The molecule has 3 aliphatic heterocycles. The van der Waals surface area contributed by atoms with E-state index in [0.29, 0.717) is 24.4 Å². The third-order valence-corrected chi connectivity index (χ3v) is 10.0. The number of fused-ring (bicyclic) bond motifs is 2. The molecule has 0 radical (unpaired) electrons. The number of rotatable bonds is 7. The van der Waals surface area contributed by atoms with Crippen molar-refractivity contribution < 1.29 is 14.4 Å². The number of nitrogens with zero attached hydrogens (tertiary/aromatic N) is 7. The number of hydrogen-bond donors (Lipinski definition) is 3. The van der Waals surface area contributed by atoms with E-state index >= 15 is 0 Å². The molecule has 13 heteroatoms. The van der Waals surface area contributed by atoms with Gasteiger partial charge in [0, 0.05) is 62.4 Å². The number of amides is 3. The largest absolute Gasteiger partial charge is 0.368 e. The molecule has 3 fully saturated rings. The summed E-state index contributed by atoms with van der Waals surface area (Å²) in [5.41, 5.74) is 14.3. The molecule has 1 atom stereocenters. The van der Waals surface area contributed by atoms with Crippen LogP contribution in [0.1, 0.15) is 71.6 Å². The lowest BCUT2D eigenvalue weighted by molar-refractivity contribution is -0.136. The number of aromatic nitrogens is 4. The zero-order valence-electron chi connectivity index (χ0n) is 26.4. The number of imide groups is 1. The fraction of sp³-hybridized carbons (Fsp3) is 0.412. The van der Waals surface area contributed by atoms with Gasteiger partial charge in [-0.3, -0.25) is 30.6 Å². The minimum atomic E-state index is -0.606. The number of carbonyl (C=O) groups is 3. The van der Waals surface area contributed by atoms with Crippen LogP contribution in [0.15, 0.2) is 48.9 Å². The Morgan fingerprint density at radius 3 is 2.49 bits per heavy atom. The lowest BCUT2D eigenvalue weighted by Crippen LogP contribution is -2.52. The molecule has 47 heavy (non-hydrogen) atoms. The highest BCUT2D eigenvalue weighted by Gasteiger charge is 2.39. The normalized spacial score (nSPS) is 20.2. The molecule has 3 amide bonds. The summed E-state index contributed by atoms with van der Waals surface area (Å²) in [5.74, 6) is 0.613. The van der Waals surface area contributed by atoms with E-state index in [2.05, 4.69) is 55.1 Å². The topological polar surface area (TPSA) is 140 Å². The number of carbonyl (C=O) groups excluding carboxylic acids is 3. The average molecular weight is 635 g/mol. The van der Waals surface area contributed by atoms with Gasteiger partial charge in [-0.25, -0.2) is 14.5 Å². The maximum atomic E-state index is 13.1. The number of hydrogen-bond acceptors (Lipinski definition) is 10. The summed E-state index contributed by atoms with van der Waals surface area (Å²) in [5, 5.41) is 6.92. The zero-order valence-corrected chi connectivity index (χ0v) is 26.4. The molecule has 242 valence electrons. The van der Waals surface area contributed by atoms with Gasteiger partial charge in [-0.15, -0.1) is 0 Å². The molecule has 0 spiro atoms. The fourth-order valence-electron chi connectivity index (χ4n) is 7.62. The SMILES string of the molecule is Cc1cc(NNc2cnc3ccnn3c2C2CCCC2)cnc1N1CCN(c2ccc3c(c2)CN(C2CCC(=O)NC2=O)C3=O)CC1. The van der Waals surface area contributed by atoms with E-state index in [1.165, 1.54) is 18.5 Å². The first kappa shape index (κ1) is 29.2. The standard InChI is InChI=1S/C34H38N10O3/c1-21-16-24(39-40-27-19-35-29-10-11-37-44(29)31(27)22-4-2-3-5-22)18-36-32(21)42-14-12-41(13-15-42)25-6-7-26-23(17-25)20-43(34(26)47)28-8-9-30(45)38-33(28)46/h6-7,10-11,16-19,22,28,39-40H,2-5,8-9,12-15,20H2,1H3,(H,38,45,46). The van der Waals surface area contributed by atoms with Gasteiger partial charge in [0.1, 0.15) is 11.9 Å². The molecular formula is C34H38N10O3. The van der Waals surface area contributed by atoms with Gasteiger partial charge in [-0.2, -0.15) is 5.10 Å². The van der Waals surface area contributed by atoms with Crippen LogP contribution >= 0.6 is 0 Å². The summed E-state index contributed by atoms with van der Waals surface area (Å²) < 4.78 is 1.96. The molecule has 2 saturated heterocycles. The van der Waals surface area contributed by atoms with Gasteiger partial charge < -0.3 is 14.7 Å². The molecule has 3 aromatic heterocycles. The van der Waals surface area contributed by atoms with Crippen molar-refractivity contribution in [2.75, 3.05) is 46.8 Å². The minimum Gasteiger partial charge on any atom is -0.368 e. The van der Waals surface area contributed by atoms with Crippen LogP contribution in [0.2, 0.25) is 0 Å². The Hall–Kier alpha value is -5.20.